The van der Waals surface area contributed by atoms with Gasteiger partial charge in [-0.2, -0.15) is 0 Å². The zero-order valence-corrected chi connectivity index (χ0v) is 13.6. The number of hydrogen-bond acceptors (Lipinski definition) is 5. The summed E-state index contributed by atoms with van der Waals surface area (Å²) in [7, 11) is 0. The first-order valence-electron chi connectivity index (χ1n) is 7.15. The molecule has 0 amide bonds. The summed E-state index contributed by atoms with van der Waals surface area (Å²) in [6, 6.07) is 6.32. The van der Waals surface area contributed by atoms with Crippen LogP contribution in [-0.4, -0.2) is 25.4 Å². The highest BCUT2D eigenvalue weighted by molar-refractivity contribution is 7.15. The van der Waals surface area contributed by atoms with Crippen LogP contribution < -0.4 is 0 Å². The minimum absolute atomic E-state index is 0.0618. The molecule has 120 valence electrons. The predicted octanol–water partition coefficient (Wildman–Crippen LogP) is 4.04. The van der Waals surface area contributed by atoms with Crippen LogP contribution in [0.4, 0.5) is 8.78 Å². The molecule has 0 aliphatic heterocycles. The highest BCUT2D eigenvalue weighted by Crippen LogP contribution is 2.32. The van der Waals surface area contributed by atoms with Gasteiger partial charge in [0.15, 0.2) is 17.2 Å². The lowest BCUT2D eigenvalue weighted by molar-refractivity contribution is 0.617. The first-order valence-corrected chi connectivity index (χ1v) is 7.97. The number of pyridine rings is 1. The van der Waals surface area contributed by atoms with Crippen molar-refractivity contribution in [3.05, 3.63) is 46.6 Å². The maximum atomic E-state index is 14.7. The van der Waals surface area contributed by atoms with Crippen LogP contribution in [0.3, 0.4) is 0 Å². The van der Waals surface area contributed by atoms with E-state index in [-0.39, 0.29) is 16.6 Å². The number of rotatable bonds is 2. The summed E-state index contributed by atoms with van der Waals surface area (Å²) in [4.78, 5) is 9.78. The summed E-state index contributed by atoms with van der Waals surface area (Å²) in [5.74, 6) is -1.27. The summed E-state index contributed by atoms with van der Waals surface area (Å²) < 4.78 is 28.8. The van der Waals surface area contributed by atoms with Crippen LogP contribution in [0.1, 0.15) is 10.7 Å². The van der Waals surface area contributed by atoms with Crippen molar-refractivity contribution in [3.63, 3.8) is 0 Å². The molecule has 0 atom stereocenters. The van der Waals surface area contributed by atoms with Gasteiger partial charge in [-0.1, -0.05) is 11.3 Å². The second-order valence-electron chi connectivity index (χ2n) is 5.31. The van der Waals surface area contributed by atoms with E-state index < -0.39 is 11.6 Å². The third kappa shape index (κ3) is 2.26. The maximum absolute atomic E-state index is 14.7. The van der Waals surface area contributed by atoms with Gasteiger partial charge in [0.25, 0.3) is 0 Å². The second-order valence-corrected chi connectivity index (χ2v) is 6.51. The number of nitrogens with one attached hydrogen (secondary N) is 1. The predicted molar refractivity (Wildman–Crippen MR) is 87.6 cm³/mol. The number of benzene rings is 1. The fourth-order valence-corrected chi connectivity index (χ4v) is 3.50. The van der Waals surface area contributed by atoms with Gasteiger partial charge >= 0.3 is 0 Å². The van der Waals surface area contributed by atoms with Crippen molar-refractivity contribution >= 4 is 22.4 Å². The Kier molecular flexibility index (Phi) is 3.34. The Hall–Kier alpha value is -2.74. The van der Waals surface area contributed by atoms with E-state index >= 15 is 0 Å². The molecule has 0 bridgehead atoms. The Labute approximate surface area is 139 Å². The zero-order valence-electron chi connectivity index (χ0n) is 12.8. The van der Waals surface area contributed by atoms with Crippen molar-refractivity contribution in [2.45, 2.75) is 13.8 Å². The normalized spacial score (nSPS) is 11.3. The van der Waals surface area contributed by atoms with Gasteiger partial charge < -0.3 is 0 Å². The molecule has 24 heavy (non-hydrogen) atoms. The number of hydrogen-bond donors (Lipinski definition) is 1. The molecule has 3 aromatic heterocycles. The summed E-state index contributed by atoms with van der Waals surface area (Å²) >= 11 is 1.52. The van der Waals surface area contributed by atoms with Crippen molar-refractivity contribution < 1.29 is 8.78 Å². The average molecular weight is 343 g/mol. The first kappa shape index (κ1) is 14.8. The zero-order chi connectivity index (χ0) is 16.8. The first-order chi connectivity index (χ1) is 11.5. The highest BCUT2D eigenvalue weighted by atomic mass is 32.1. The van der Waals surface area contributed by atoms with Crippen LogP contribution >= 0.6 is 11.3 Å². The second kappa shape index (κ2) is 5.41. The van der Waals surface area contributed by atoms with Crippen LogP contribution in [0.15, 0.2) is 24.3 Å². The van der Waals surface area contributed by atoms with Crippen molar-refractivity contribution in [3.8, 4) is 21.8 Å². The Balaban J connectivity index is 1.90. The van der Waals surface area contributed by atoms with Gasteiger partial charge in [0.1, 0.15) is 5.52 Å². The van der Waals surface area contributed by atoms with Gasteiger partial charge in [0, 0.05) is 5.56 Å². The Bertz CT molecular complexity index is 1070. The number of aromatic nitrogens is 5. The van der Waals surface area contributed by atoms with Gasteiger partial charge in [-0.05, 0) is 32.0 Å². The van der Waals surface area contributed by atoms with Crippen LogP contribution in [0.5, 0.6) is 0 Å². The molecule has 1 N–H and O–H groups in total. The molecule has 0 radical (unpaired) electrons. The van der Waals surface area contributed by atoms with Crippen LogP contribution in [0.25, 0.3) is 32.9 Å². The molecular formula is C16H11F2N5S. The minimum atomic E-state index is -0.646. The van der Waals surface area contributed by atoms with Crippen LogP contribution in [-0.2, 0) is 0 Å². The highest BCUT2D eigenvalue weighted by Gasteiger charge is 2.18. The molecule has 0 fully saturated rings. The van der Waals surface area contributed by atoms with Gasteiger partial charge in [-0.25, -0.2) is 18.7 Å². The van der Waals surface area contributed by atoms with Gasteiger partial charge in [0.2, 0.25) is 0 Å². The summed E-state index contributed by atoms with van der Waals surface area (Å²) in [6.45, 7) is 3.81. The summed E-state index contributed by atoms with van der Waals surface area (Å²) in [5, 5.41) is 10.3. The molecule has 0 saturated carbocycles. The van der Waals surface area contributed by atoms with E-state index in [1.807, 2.05) is 19.9 Å². The number of aryl methyl sites for hydroxylation is 2. The Morgan fingerprint density at radius 1 is 1.08 bits per heavy atom. The fraction of sp³-hybridized carbons (Fsp3) is 0.125. The number of nitrogens with zero attached hydrogens (tertiary/aromatic N) is 4. The van der Waals surface area contributed by atoms with Gasteiger partial charge in [0.05, 0.1) is 27.0 Å². The van der Waals surface area contributed by atoms with Crippen molar-refractivity contribution in [1.29, 1.82) is 0 Å². The van der Waals surface area contributed by atoms with Crippen molar-refractivity contribution in [2.24, 2.45) is 0 Å². The number of H-pyrrole nitrogens is 1. The molecule has 0 aliphatic rings. The molecule has 1 aromatic carbocycles. The quantitative estimate of drug-likeness (QED) is 0.596. The minimum Gasteiger partial charge on any atom is -0.254 e. The molecule has 4 aromatic rings. The topological polar surface area (TPSA) is 67.3 Å². The molecular weight excluding hydrogens is 332 g/mol. The number of halogens is 2. The lowest BCUT2D eigenvalue weighted by Crippen LogP contribution is -1.94. The van der Waals surface area contributed by atoms with Gasteiger partial charge in [-0.3, -0.25) is 5.10 Å². The maximum Gasteiger partial charge on any atom is 0.160 e. The molecule has 3 heterocycles. The van der Waals surface area contributed by atoms with E-state index in [0.717, 1.165) is 21.6 Å². The molecule has 0 saturated heterocycles. The molecule has 0 unspecified atom stereocenters. The van der Waals surface area contributed by atoms with Crippen molar-refractivity contribution in [1.82, 2.24) is 25.4 Å². The smallest absolute Gasteiger partial charge is 0.160 e. The molecule has 4 rings (SSSR count). The third-order valence-electron chi connectivity index (χ3n) is 3.66. The largest absolute Gasteiger partial charge is 0.254 e. The van der Waals surface area contributed by atoms with E-state index in [1.165, 1.54) is 11.3 Å². The van der Waals surface area contributed by atoms with E-state index in [4.69, 9.17) is 0 Å². The van der Waals surface area contributed by atoms with E-state index in [2.05, 4.69) is 25.4 Å². The molecule has 0 spiro atoms. The fourth-order valence-electron chi connectivity index (χ4n) is 2.61. The third-order valence-corrected chi connectivity index (χ3v) is 4.76. The standard InChI is InChI=1S/C16H11F2N5S/c1-7-16(24-8(2)19-7)12-5-3-4-11(20-12)9-6-10(17)14-15(13(9)18)22-23-21-14/h3-6H,1-2H3,(H,21,22,23). The van der Waals surface area contributed by atoms with E-state index in [9.17, 15) is 8.78 Å². The van der Waals surface area contributed by atoms with E-state index in [0.29, 0.717) is 11.4 Å². The number of thiazole rings is 1. The Morgan fingerprint density at radius 2 is 1.88 bits per heavy atom. The van der Waals surface area contributed by atoms with Gasteiger partial charge in [-0.15, -0.1) is 16.4 Å². The summed E-state index contributed by atoms with van der Waals surface area (Å²) in [5.41, 5.74) is 1.75. The van der Waals surface area contributed by atoms with Crippen LogP contribution in [0, 0.1) is 25.5 Å². The SMILES string of the molecule is Cc1nc(C)c(-c2cccc(-c3cc(F)c4nn[nH]c4c3F)n2)s1. The molecule has 0 aliphatic carbocycles. The average Bonchev–Trinajstić information content (AvgIpc) is 3.18. The van der Waals surface area contributed by atoms with Crippen LogP contribution in [0.2, 0.25) is 0 Å². The summed E-state index contributed by atoms with van der Waals surface area (Å²) in [6.07, 6.45) is 0. The lowest BCUT2D eigenvalue weighted by atomic mass is 10.1. The molecule has 5 nitrogen and oxygen atoms in total. The van der Waals surface area contributed by atoms with Crippen molar-refractivity contribution in [2.75, 3.05) is 0 Å². The monoisotopic (exact) mass is 343 g/mol. The molecule has 8 heteroatoms. The van der Waals surface area contributed by atoms with E-state index in [1.54, 1.807) is 12.1 Å². The number of aromatic amines is 1. The lowest BCUT2D eigenvalue weighted by Gasteiger charge is -2.06. The Morgan fingerprint density at radius 3 is 2.62 bits per heavy atom. The number of fused-ring (bicyclic) bond motifs is 1.